The fourth-order valence-corrected chi connectivity index (χ4v) is 5.24. The first kappa shape index (κ1) is 24.2. The summed E-state index contributed by atoms with van der Waals surface area (Å²) in [6.07, 6.45) is 5.90. The first-order chi connectivity index (χ1) is 15.0. The zero-order chi connectivity index (χ0) is 22.2. The number of carbonyl (C=O) groups is 1. The number of amides is 1. The molecule has 3 rings (SSSR count). The predicted octanol–water partition coefficient (Wildman–Crippen LogP) is 2.99. The number of hydrogen-bond donors (Lipinski definition) is 0. The van der Waals surface area contributed by atoms with Crippen molar-refractivity contribution in [2.24, 2.45) is 5.92 Å². The van der Waals surface area contributed by atoms with E-state index in [-0.39, 0.29) is 0 Å². The monoisotopic (exact) mass is 428 g/mol. The van der Waals surface area contributed by atoms with Crippen LogP contribution in [-0.2, 0) is 17.6 Å². The maximum absolute atomic E-state index is 13.1. The van der Waals surface area contributed by atoms with Gasteiger partial charge in [0.15, 0.2) is 0 Å². The van der Waals surface area contributed by atoms with Crippen molar-refractivity contribution >= 4 is 5.91 Å². The molecule has 1 saturated heterocycles. The zero-order valence-corrected chi connectivity index (χ0v) is 20.4. The molecule has 1 aromatic rings. The van der Waals surface area contributed by atoms with Crippen LogP contribution in [0.4, 0.5) is 0 Å². The molecule has 5 nitrogen and oxygen atoms in total. The minimum atomic E-state index is 0.316. The van der Waals surface area contributed by atoms with Crippen LogP contribution < -0.4 is 0 Å². The maximum atomic E-state index is 13.1. The van der Waals surface area contributed by atoms with Gasteiger partial charge in [0.25, 0.3) is 0 Å². The van der Waals surface area contributed by atoms with Crippen LogP contribution in [0.5, 0.6) is 0 Å². The average Bonchev–Trinajstić information content (AvgIpc) is 3.21. The molecule has 0 bridgehead atoms. The molecular weight excluding hydrogens is 384 g/mol. The number of fused-ring (bicyclic) bond motifs is 1. The molecule has 31 heavy (non-hydrogen) atoms. The van der Waals surface area contributed by atoms with Gasteiger partial charge in [0.2, 0.25) is 5.91 Å². The van der Waals surface area contributed by atoms with Crippen LogP contribution in [-0.4, -0.2) is 98.0 Å². The van der Waals surface area contributed by atoms with E-state index in [4.69, 9.17) is 0 Å². The molecule has 0 N–H and O–H groups in total. The van der Waals surface area contributed by atoms with Gasteiger partial charge in [0.1, 0.15) is 0 Å². The van der Waals surface area contributed by atoms with Crippen LogP contribution in [0.25, 0.3) is 0 Å². The molecule has 2 aliphatic rings. The highest BCUT2D eigenvalue weighted by Crippen LogP contribution is 2.29. The summed E-state index contributed by atoms with van der Waals surface area (Å²) in [6, 6.07) is 9.63. The molecule has 0 atom stereocenters. The van der Waals surface area contributed by atoms with E-state index < -0.39 is 0 Å². The highest BCUT2D eigenvalue weighted by atomic mass is 16.2. The summed E-state index contributed by atoms with van der Waals surface area (Å²) < 4.78 is 0. The summed E-state index contributed by atoms with van der Waals surface area (Å²) in [7, 11) is 4.22. The average molecular weight is 429 g/mol. The topological polar surface area (TPSA) is 30.0 Å². The lowest BCUT2D eigenvalue weighted by molar-refractivity contribution is -0.133. The third kappa shape index (κ3) is 7.03. The number of carbonyl (C=O) groups excluding carboxylic acids is 1. The molecule has 1 aromatic carbocycles. The minimum absolute atomic E-state index is 0.316. The summed E-state index contributed by atoms with van der Waals surface area (Å²) >= 11 is 0. The third-order valence-corrected chi connectivity index (χ3v) is 7.31. The van der Waals surface area contributed by atoms with Crippen molar-refractivity contribution in [1.82, 2.24) is 19.6 Å². The normalized spacial score (nSPS) is 18.1. The van der Waals surface area contributed by atoms with Crippen molar-refractivity contribution in [3.8, 4) is 0 Å². The SMILES string of the molecule is CCN(CC)CC(=O)N(CCCN(C)C)CC1CCN(C2Cc3ccccc3C2)CC1. The third-order valence-electron chi connectivity index (χ3n) is 7.31. The van der Waals surface area contributed by atoms with Gasteiger partial charge in [-0.2, -0.15) is 0 Å². The fraction of sp³-hybridized carbons (Fsp3) is 0.731. The Morgan fingerprint density at radius 1 is 1.00 bits per heavy atom. The maximum Gasteiger partial charge on any atom is 0.236 e. The van der Waals surface area contributed by atoms with E-state index in [0.717, 1.165) is 39.1 Å². The number of piperidine rings is 1. The van der Waals surface area contributed by atoms with E-state index in [1.54, 1.807) is 11.1 Å². The van der Waals surface area contributed by atoms with Crippen molar-refractivity contribution in [3.05, 3.63) is 35.4 Å². The second-order valence-corrected chi connectivity index (χ2v) is 9.77. The standard InChI is InChI=1S/C26H44N4O/c1-5-28(6-2)21-26(31)30(15-9-14-27(3)4)20-22-12-16-29(17-13-22)25-18-23-10-7-8-11-24(23)19-25/h7-8,10-11,22,25H,5-6,9,12-21H2,1-4H3. The Bertz CT molecular complexity index is 655. The van der Waals surface area contributed by atoms with Gasteiger partial charge in [0.05, 0.1) is 6.54 Å². The van der Waals surface area contributed by atoms with Gasteiger partial charge in [-0.05, 0) is 96.0 Å². The molecule has 1 fully saturated rings. The van der Waals surface area contributed by atoms with E-state index in [1.807, 2.05) is 0 Å². The van der Waals surface area contributed by atoms with Gasteiger partial charge < -0.3 is 9.80 Å². The zero-order valence-electron chi connectivity index (χ0n) is 20.4. The molecule has 0 unspecified atom stereocenters. The Labute approximate surface area is 190 Å². The largest absolute Gasteiger partial charge is 0.341 e. The molecule has 1 heterocycles. The summed E-state index contributed by atoms with van der Waals surface area (Å²) in [5.41, 5.74) is 3.09. The molecule has 1 aliphatic carbocycles. The number of likely N-dealkylation sites (N-methyl/N-ethyl adjacent to an activating group) is 1. The molecule has 0 saturated carbocycles. The van der Waals surface area contributed by atoms with E-state index in [9.17, 15) is 4.79 Å². The van der Waals surface area contributed by atoms with Gasteiger partial charge in [-0.1, -0.05) is 38.1 Å². The first-order valence-electron chi connectivity index (χ1n) is 12.5. The fourth-order valence-electron chi connectivity index (χ4n) is 5.24. The molecule has 1 amide bonds. The number of nitrogens with zero attached hydrogens (tertiary/aromatic N) is 4. The number of rotatable bonds is 11. The Kier molecular flexibility index (Phi) is 9.36. The van der Waals surface area contributed by atoms with Crippen molar-refractivity contribution < 1.29 is 4.79 Å². The summed E-state index contributed by atoms with van der Waals surface area (Å²) in [5, 5.41) is 0. The van der Waals surface area contributed by atoms with Crippen molar-refractivity contribution in [3.63, 3.8) is 0 Å². The van der Waals surface area contributed by atoms with Crippen molar-refractivity contribution in [2.45, 2.75) is 52.0 Å². The molecule has 0 aromatic heterocycles. The molecule has 1 aliphatic heterocycles. The van der Waals surface area contributed by atoms with Crippen LogP contribution in [0.1, 0.15) is 44.2 Å². The second-order valence-electron chi connectivity index (χ2n) is 9.77. The number of hydrogen-bond acceptors (Lipinski definition) is 4. The first-order valence-corrected chi connectivity index (χ1v) is 12.5. The lowest BCUT2D eigenvalue weighted by Crippen LogP contribution is -2.47. The van der Waals surface area contributed by atoms with Crippen molar-refractivity contribution in [1.29, 1.82) is 0 Å². The Morgan fingerprint density at radius 2 is 1.61 bits per heavy atom. The number of likely N-dealkylation sites (tertiary alicyclic amines) is 1. The van der Waals surface area contributed by atoms with Gasteiger partial charge >= 0.3 is 0 Å². The second kappa shape index (κ2) is 12.0. The molecule has 5 heteroatoms. The van der Waals surface area contributed by atoms with Gasteiger partial charge in [-0.25, -0.2) is 0 Å². The highest BCUT2D eigenvalue weighted by molar-refractivity contribution is 5.78. The van der Waals surface area contributed by atoms with Crippen LogP contribution in [0.15, 0.2) is 24.3 Å². The smallest absolute Gasteiger partial charge is 0.236 e. The Balaban J connectivity index is 1.50. The van der Waals surface area contributed by atoms with Crippen LogP contribution in [0.2, 0.25) is 0 Å². The quantitative estimate of drug-likeness (QED) is 0.542. The van der Waals surface area contributed by atoms with Crippen LogP contribution in [0.3, 0.4) is 0 Å². The van der Waals surface area contributed by atoms with Gasteiger partial charge in [-0.3, -0.25) is 14.6 Å². The summed E-state index contributed by atoms with van der Waals surface area (Å²) in [6.45, 7) is 11.9. The number of benzene rings is 1. The lowest BCUT2D eigenvalue weighted by Gasteiger charge is -2.38. The predicted molar refractivity (Wildman–Crippen MR) is 129 cm³/mol. The van der Waals surface area contributed by atoms with Crippen molar-refractivity contribution in [2.75, 3.05) is 66.5 Å². The van der Waals surface area contributed by atoms with Crippen LogP contribution in [0, 0.1) is 5.92 Å². The van der Waals surface area contributed by atoms with E-state index in [2.05, 4.69) is 71.8 Å². The Morgan fingerprint density at radius 3 is 2.16 bits per heavy atom. The van der Waals surface area contributed by atoms with E-state index in [0.29, 0.717) is 24.4 Å². The Hall–Kier alpha value is -1.43. The summed E-state index contributed by atoms with van der Waals surface area (Å²) in [4.78, 5) is 22.4. The molecule has 174 valence electrons. The minimum Gasteiger partial charge on any atom is -0.341 e. The van der Waals surface area contributed by atoms with Gasteiger partial charge in [0, 0.05) is 19.1 Å². The van der Waals surface area contributed by atoms with E-state index >= 15 is 0 Å². The lowest BCUT2D eigenvalue weighted by atomic mass is 9.94. The van der Waals surface area contributed by atoms with Gasteiger partial charge in [-0.15, -0.1) is 0 Å². The summed E-state index contributed by atoms with van der Waals surface area (Å²) in [5.74, 6) is 0.955. The highest BCUT2D eigenvalue weighted by Gasteiger charge is 2.30. The molecular formula is C26H44N4O. The molecule has 0 radical (unpaired) electrons. The van der Waals surface area contributed by atoms with E-state index in [1.165, 1.54) is 38.8 Å². The van der Waals surface area contributed by atoms with Crippen LogP contribution >= 0.6 is 0 Å². The molecule has 0 spiro atoms.